The maximum atomic E-state index is 12.9. The van der Waals surface area contributed by atoms with Crippen molar-refractivity contribution in [2.45, 2.75) is 26.4 Å². The molecule has 0 aliphatic heterocycles. The molecule has 0 bridgehead atoms. The highest BCUT2D eigenvalue weighted by Gasteiger charge is 2.10. The lowest BCUT2D eigenvalue weighted by Crippen LogP contribution is -2.30. The minimum Gasteiger partial charge on any atom is -0.488 e. The van der Waals surface area contributed by atoms with Crippen molar-refractivity contribution >= 4 is 15.9 Å². The molecular weight excluding hydrogens is 273 g/mol. The standard InChI is InChI=1S/C12H17BrFNO/c1-3-10(8-15-4-2)16-12-6-5-9(14)7-11(12)13/h5-7,10,15H,3-4,8H2,1-2H3. The van der Waals surface area contributed by atoms with Gasteiger partial charge in [-0.15, -0.1) is 0 Å². The van der Waals surface area contributed by atoms with E-state index in [9.17, 15) is 4.39 Å². The summed E-state index contributed by atoms with van der Waals surface area (Å²) in [7, 11) is 0. The molecule has 1 unspecified atom stereocenters. The molecule has 0 fully saturated rings. The molecule has 2 nitrogen and oxygen atoms in total. The number of nitrogens with one attached hydrogen (secondary N) is 1. The fraction of sp³-hybridized carbons (Fsp3) is 0.500. The van der Waals surface area contributed by atoms with Gasteiger partial charge in [-0.05, 0) is 47.1 Å². The third kappa shape index (κ3) is 4.10. The molecule has 1 aromatic rings. The first-order valence-electron chi connectivity index (χ1n) is 5.49. The highest BCUT2D eigenvalue weighted by atomic mass is 79.9. The van der Waals surface area contributed by atoms with Crippen LogP contribution in [-0.2, 0) is 0 Å². The van der Waals surface area contributed by atoms with E-state index in [1.54, 1.807) is 6.07 Å². The second-order valence-electron chi connectivity index (χ2n) is 3.53. The van der Waals surface area contributed by atoms with Crippen molar-refractivity contribution in [1.82, 2.24) is 5.32 Å². The quantitative estimate of drug-likeness (QED) is 0.867. The van der Waals surface area contributed by atoms with Gasteiger partial charge in [0, 0.05) is 6.54 Å². The minimum atomic E-state index is -0.265. The van der Waals surface area contributed by atoms with E-state index in [0.717, 1.165) is 19.5 Å². The van der Waals surface area contributed by atoms with Gasteiger partial charge in [0.25, 0.3) is 0 Å². The zero-order chi connectivity index (χ0) is 12.0. The molecule has 1 N–H and O–H groups in total. The van der Waals surface area contributed by atoms with Gasteiger partial charge in [0.2, 0.25) is 0 Å². The predicted molar refractivity (Wildman–Crippen MR) is 67.4 cm³/mol. The average Bonchev–Trinajstić information content (AvgIpc) is 2.27. The molecule has 4 heteroatoms. The highest BCUT2D eigenvalue weighted by Crippen LogP contribution is 2.26. The van der Waals surface area contributed by atoms with Gasteiger partial charge in [-0.25, -0.2) is 4.39 Å². The minimum absolute atomic E-state index is 0.113. The molecule has 16 heavy (non-hydrogen) atoms. The molecular formula is C12H17BrFNO. The van der Waals surface area contributed by atoms with E-state index in [4.69, 9.17) is 4.74 Å². The summed E-state index contributed by atoms with van der Waals surface area (Å²) in [6.07, 6.45) is 1.03. The van der Waals surface area contributed by atoms with Crippen molar-refractivity contribution in [3.63, 3.8) is 0 Å². The van der Waals surface area contributed by atoms with Crippen LogP contribution in [0.25, 0.3) is 0 Å². The molecule has 90 valence electrons. The second-order valence-corrected chi connectivity index (χ2v) is 4.38. The van der Waals surface area contributed by atoms with Crippen LogP contribution in [-0.4, -0.2) is 19.2 Å². The van der Waals surface area contributed by atoms with Gasteiger partial charge in [-0.3, -0.25) is 0 Å². The van der Waals surface area contributed by atoms with E-state index >= 15 is 0 Å². The van der Waals surface area contributed by atoms with Crippen molar-refractivity contribution in [2.75, 3.05) is 13.1 Å². The molecule has 0 aromatic heterocycles. The van der Waals surface area contributed by atoms with Crippen molar-refractivity contribution in [1.29, 1.82) is 0 Å². The maximum absolute atomic E-state index is 12.9. The summed E-state index contributed by atoms with van der Waals surface area (Å²) >= 11 is 3.29. The van der Waals surface area contributed by atoms with Crippen LogP contribution in [0.4, 0.5) is 4.39 Å². The second kappa shape index (κ2) is 6.86. The fourth-order valence-corrected chi connectivity index (χ4v) is 1.77. The van der Waals surface area contributed by atoms with E-state index in [1.165, 1.54) is 12.1 Å². The van der Waals surface area contributed by atoms with Crippen molar-refractivity contribution in [2.24, 2.45) is 0 Å². The van der Waals surface area contributed by atoms with Gasteiger partial charge in [-0.1, -0.05) is 13.8 Å². The predicted octanol–water partition coefficient (Wildman–Crippen LogP) is 3.36. The topological polar surface area (TPSA) is 21.3 Å². The molecule has 0 heterocycles. The number of hydrogen-bond acceptors (Lipinski definition) is 2. The number of halogens is 2. The number of ether oxygens (including phenoxy) is 1. The Hall–Kier alpha value is -0.610. The van der Waals surface area contributed by atoms with Gasteiger partial charge in [-0.2, -0.15) is 0 Å². The van der Waals surface area contributed by atoms with E-state index < -0.39 is 0 Å². The lowest BCUT2D eigenvalue weighted by molar-refractivity contribution is 0.193. The molecule has 1 rings (SSSR count). The van der Waals surface area contributed by atoms with Crippen LogP contribution in [0.2, 0.25) is 0 Å². The van der Waals surface area contributed by atoms with Crippen LogP contribution < -0.4 is 10.1 Å². The molecule has 0 radical (unpaired) electrons. The highest BCUT2D eigenvalue weighted by molar-refractivity contribution is 9.10. The summed E-state index contributed by atoms with van der Waals surface area (Å²) in [4.78, 5) is 0. The van der Waals surface area contributed by atoms with Crippen LogP contribution >= 0.6 is 15.9 Å². The lowest BCUT2D eigenvalue weighted by Gasteiger charge is -2.18. The van der Waals surface area contributed by atoms with Crippen LogP contribution in [0, 0.1) is 5.82 Å². The Kier molecular flexibility index (Phi) is 5.77. The first-order chi connectivity index (χ1) is 7.67. The summed E-state index contributed by atoms with van der Waals surface area (Å²) in [6, 6.07) is 4.46. The van der Waals surface area contributed by atoms with Crippen LogP contribution in [0.3, 0.4) is 0 Å². The lowest BCUT2D eigenvalue weighted by atomic mass is 10.2. The van der Waals surface area contributed by atoms with Gasteiger partial charge < -0.3 is 10.1 Å². The smallest absolute Gasteiger partial charge is 0.134 e. The van der Waals surface area contributed by atoms with Gasteiger partial charge in [0.15, 0.2) is 0 Å². The van der Waals surface area contributed by atoms with Gasteiger partial charge >= 0.3 is 0 Å². The van der Waals surface area contributed by atoms with Crippen LogP contribution in [0.1, 0.15) is 20.3 Å². The zero-order valence-corrected chi connectivity index (χ0v) is 11.2. The summed E-state index contributed by atoms with van der Waals surface area (Å²) in [5.74, 6) is 0.421. The normalized spacial score (nSPS) is 12.5. The molecule has 0 saturated carbocycles. The average molecular weight is 290 g/mol. The van der Waals surface area contributed by atoms with Crippen LogP contribution in [0.5, 0.6) is 5.75 Å². The fourth-order valence-electron chi connectivity index (χ4n) is 1.33. The van der Waals surface area contributed by atoms with Crippen molar-refractivity contribution < 1.29 is 9.13 Å². The van der Waals surface area contributed by atoms with Gasteiger partial charge in [0.1, 0.15) is 17.7 Å². The Balaban J connectivity index is 2.62. The number of benzene rings is 1. The molecule has 0 saturated heterocycles. The Morgan fingerprint density at radius 3 is 2.75 bits per heavy atom. The molecule has 0 aliphatic carbocycles. The molecule has 1 atom stereocenters. The van der Waals surface area contributed by atoms with E-state index in [0.29, 0.717) is 10.2 Å². The largest absolute Gasteiger partial charge is 0.488 e. The summed E-state index contributed by atoms with van der Waals surface area (Å²) in [5, 5.41) is 3.24. The Morgan fingerprint density at radius 1 is 1.44 bits per heavy atom. The van der Waals surface area contributed by atoms with Gasteiger partial charge in [0.05, 0.1) is 4.47 Å². The number of likely N-dealkylation sites (N-methyl/N-ethyl adjacent to an activating group) is 1. The van der Waals surface area contributed by atoms with E-state index in [1.807, 2.05) is 0 Å². The zero-order valence-electron chi connectivity index (χ0n) is 9.59. The third-order valence-electron chi connectivity index (χ3n) is 2.26. The van der Waals surface area contributed by atoms with Crippen LogP contribution in [0.15, 0.2) is 22.7 Å². The van der Waals surface area contributed by atoms with Crippen molar-refractivity contribution in [3.05, 3.63) is 28.5 Å². The SMILES string of the molecule is CCNCC(CC)Oc1ccc(F)cc1Br. The number of rotatable bonds is 6. The first-order valence-corrected chi connectivity index (χ1v) is 6.29. The number of hydrogen-bond donors (Lipinski definition) is 1. The molecule has 0 aliphatic rings. The molecule has 1 aromatic carbocycles. The van der Waals surface area contributed by atoms with E-state index in [2.05, 4.69) is 35.1 Å². The van der Waals surface area contributed by atoms with Crippen molar-refractivity contribution in [3.8, 4) is 5.75 Å². The summed E-state index contributed by atoms with van der Waals surface area (Å²) in [5.41, 5.74) is 0. The third-order valence-corrected chi connectivity index (χ3v) is 2.88. The Labute approximate surface area is 104 Å². The summed E-state index contributed by atoms with van der Waals surface area (Å²) in [6.45, 7) is 5.85. The Morgan fingerprint density at radius 2 is 2.19 bits per heavy atom. The molecule has 0 amide bonds. The summed E-state index contributed by atoms with van der Waals surface area (Å²) < 4.78 is 19.3. The maximum Gasteiger partial charge on any atom is 0.134 e. The molecule has 0 spiro atoms. The Bertz CT molecular complexity index is 333. The monoisotopic (exact) mass is 289 g/mol. The first kappa shape index (κ1) is 13.5. The van der Waals surface area contributed by atoms with E-state index in [-0.39, 0.29) is 11.9 Å².